The first-order valence-electron chi connectivity index (χ1n) is 9.05. The SMILES string of the molecule is Cn1cc2c(Br)ccc(C(=O)NC3CCN(C(=O)OC(C)(C)C)CC3)c2n1. The number of amides is 2. The summed E-state index contributed by atoms with van der Waals surface area (Å²) >= 11 is 3.50. The number of likely N-dealkylation sites (tertiary alicyclic amines) is 1. The molecule has 2 aromatic rings. The molecule has 0 saturated carbocycles. The minimum Gasteiger partial charge on any atom is -0.444 e. The van der Waals surface area contributed by atoms with Gasteiger partial charge >= 0.3 is 6.09 Å². The Balaban J connectivity index is 1.62. The number of carbonyl (C=O) groups excluding carboxylic acids is 2. The van der Waals surface area contributed by atoms with Crippen molar-refractivity contribution < 1.29 is 14.3 Å². The number of hydrogen-bond acceptors (Lipinski definition) is 4. The Hall–Kier alpha value is -2.09. The van der Waals surface area contributed by atoms with Gasteiger partial charge in [0.2, 0.25) is 0 Å². The Bertz CT molecular complexity index is 864. The molecule has 2 amide bonds. The fourth-order valence-electron chi connectivity index (χ4n) is 3.17. The molecule has 0 unspecified atom stereocenters. The zero-order chi connectivity index (χ0) is 19.8. The molecule has 8 heteroatoms. The van der Waals surface area contributed by atoms with Crippen LogP contribution in [0.1, 0.15) is 44.0 Å². The molecule has 1 saturated heterocycles. The Morgan fingerprint density at radius 1 is 1.26 bits per heavy atom. The van der Waals surface area contributed by atoms with Crippen molar-refractivity contribution in [2.75, 3.05) is 13.1 Å². The summed E-state index contributed by atoms with van der Waals surface area (Å²) in [5.74, 6) is -0.137. The van der Waals surface area contributed by atoms with Gasteiger partial charge in [-0.25, -0.2) is 4.79 Å². The lowest BCUT2D eigenvalue weighted by molar-refractivity contribution is 0.0199. The molecule has 146 valence electrons. The van der Waals surface area contributed by atoms with Crippen molar-refractivity contribution in [3.63, 3.8) is 0 Å². The van der Waals surface area contributed by atoms with Gasteiger partial charge in [0, 0.05) is 42.2 Å². The maximum absolute atomic E-state index is 12.8. The Kier molecular flexibility index (Phi) is 5.46. The molecule has 7 nitrogen and oxygen atoms in total. The van der Waals surface area contributed by atoms with Crippen LogP contribution < -0.4 is 5.32 Å². The molecule has 1 aliphatic rings. The third-order valence-electron chi connectivity index (χ3n) is 4.46. The highest BCUT2D eigenvalue weighted by Gasteiger charge is 2.28. The van der Waals surface area contributed by atoms with Gasteiger partial charge in [0.05, 0.1) is 5.56 Å². The van der Waals surface area contributed by atoms with Gasteiger partial charge in [0.1, 0.15) is 11.1 Å². The average molecular weight is 437 g/mol. The van der Waals surface area contributed by atoms with Crippen LogP contribution in [0.15, 0.2) is 22.8 Å². The minimum absolute atomic E-state index is 0.0265. The number of ether oxygens (including phenoxy) is 1. The molecule has 1 aliphatic heterocycles. The van der Waals surface area contributed by atoms with Crippen molar-refractivity contribution >= 4 is 38.8 Å². The Morgan fingerprint density at radius 3 is 2.56 bits per heavy atom. The molecule has 1 fully saturated rings. The second-order valence-corrected chi connectivity index (χ2v) is 8.73. The molecule has 2 heterocycles. The monoisotopic (exact) mass is 436 g/mol. The van der Waals surface area contributed by atoms with E-state index in [1.54, 1.807) is 15.6 Å². The number of aromatic nitrogens is 2. The average Bonchev–Trinajstić information content (AvgIpc) is 2.96. The van der Waals surface area contributed by atoms with Gasteiger partial charge in [-0.2, -0.15) is 5.10 Å². The topological polar surface area (TPSA) is 76.5 Å². The molecule has 27 heavy (non-hydrogen) atoms. The predicted octanol–water partition coefficient (Wildman–Crippen LogP) is 3.47. The quantitative estimate of drug-likeness (QED) is 0.781. The first-order valence-corrected chi connectivity index (χ1v) is 9.84. The van der Waals surface area contributed by atoms with E-state index in [0.29, 0.717) is 37.0 Å². The van der Waals surface area contributed by atoms with E-state index in [-0.39, 0.29) is 18.0 Å². The molecule has 1 aromatic heterocycles. The summed E-state index contributed by atoms with van der Waals surface area (Å²) in [7, 11) is 1.83. The summed E-state index contributed by atoms with van der Waals surface area (Å²) in [6.07, 6.45) is 2.99. The van der Waals surface area contributed by atoms with Crippen LogP contribution in [-0.4, -0.2) is 51.4 Å². The van der Waals surface area contributed by atoms with E-state index in [1.165, 1.54) is 0 Å². The van der Waals surface area contributed by atoms with Crippen molar-refractivity contribution in [3.8, 4) is 0 Å². The highest BCUT2D eigenvalue weighted by atomic mass is 79.9. The van der Waals surface area contributed by atoms with Gasteiger partial charge in [0.15, 0.2) is 0 Å². The summed E-state index contributed by atoms with van der Waals surface area (Å²) in [5, 5.41) is 8.40. The van der Waals surface area contributed by atoms with Crippen LogP contribution in [0.4, 0.5) is 4.79 Å². The van der Waals surface area contributed by atoms with Crippen molar-refractivity contribution in [2.45, 2.75) is 45.3 Å². The Morgan fingerprint density at radius 2 is 1.93 bits per heavy atom. The first kappa shape index (κ1) is 19.7. The normalized spacial score (nSPS) is 15.8. The van der Waals surface area contributed by atoms with Crippen LogP contribution in [0, 0.1) is 0 Å². The van der Waals surface area contributed by atoms with E-state index in [4.69, 9.17) is 4.74 Å². The Labute approximate surface area is 167 Å². The van der Waals surface area contributed by atoms with Crippen molar-refractivity contribution in [1.82, 2.24) is 20.0 Å². The van der Waals surface area contributed by atoms with Crippen LogP contribution in [-0.2, 0) is 11.8 Å². The number of halogens is 1. The van der Waals surface area contributed by atoms with E-state index in [9.17, 15) is 9.59 Å². The lowest BCUT2D eigenvalue weighted by Gasteiger charge is -2.33. The van der Waals surface area contributed by atoms with Gasteiger partial charge in [-0.05, 0) is 45.7 Å². The number of aryl methyl sites for hydroxylation is 1. The molecule has 1 aromatic carbocycles. The number of nitrogens with zero attached hydrogens (tertiary/aromatic N) is 3. The van der Waals surface area contributed by atoms with E-state index in [0.717, 1.165) is 9.86 Å². The molecule has 0 radical (unpaired) electrons. The summed E-state index contributed by atoms with van der Waals surface area (Å²) < 4.78 is 8.02. The van der Waals surface area contributed by atoms with Crippen molar-refractivity contribution in [2.24, 2.45) is 7.05 Å². The number of hydrogen-bond donors (Lipinski definition) is 1. The third kappa shape index (κ3) is 4.61. The van der Waals surface area contributed by atoms with Crippen molar-refractivity contribution in [3.05, 3.63) is 28.4 Å². The summed E-state index contributed by atoms with van der Waals surface area (Å²) in [6, 6.07) is 3.67. The molecule has 0 atom stereocenters. The lowest BCUT2D eigenvalue weighted by Crippen LogP contribution is -2.47. The maximum Gasteiger partial charge on any atom is 0.410 e. The summed E-state index contributed by atoms with van der Waals surface area (Å²) in [6.45, 7) is 6.70. The van der Waals surface area contributed by atoms with Gasteiger partial charge in [-0.1, -0.05) is 15.9 Å². The fraction of sp³-hybridized carbons (Fsp3) is 0.526. The number of benzene rings is 1. The number of fused-ring (bicyclic) bond motifs is 1. The molecule has 0 bridgehead atoms. The molecular weight excluding hydrogens is 412 g/mol. The highest BCUT2D eigenvalue weighted by molar-refractivity contribution is 9.10. The zero-order valence-corrected chi connectivity index (χ0v) is 17.7. The highest BCUT2D eigenvalue weighted by Crippen LogP contribution is 2.26. The molecular formula is C19H25BrN4O3. The van der Waals surface area contributed by atoms with E-state index in [2.05, 4.69) is 26.3 Å². The molecule has 1 N–H and O–H groups in total. The predicted molar refractivity (Wildman–Crippen MR) is 107 cm³/mol. The van der Waals surface area contributed by atoms with Gasteiger partial charge in [-0.15, -0.1) is 0 Å². The van der Waals surface area contributed by atoms with Gasteiger partial charge in [-0.3, -0.25) is 9.48 Å². The zero-order valence-electron chi connectivity index (χ0n) is 16.1. The van der Waals surface area contributed by atoms with Gasteiger partial charge < -0.3 is 15.0 Å². The van der Waals surface area contributed by atoms with E-state index in [1.807, 2.05) is 40.1 Å². The maximum atomic E-state index is 12.8. The van der Waals surface area contributed by atoms with Crippen LogP contribution >= 0.6 is 15.9 Å². The minimum atomic E-state index is -0.502. The molecule has 3 rings (SSSR count). The van der Waals surface area contributed by atoms with Crippen molar-refractivity contribution in [1.29, 1.82) is 0 Å². The second kappa shape index (κ2) is 7.50. The third-order valence-corrected chi connectivity index (χ3v) is 5.16. The number of rotatable bonds is 2. The second-order valence-electron chi connectivity index (χ2n) is 7.88. The van der Waals surface area contributed by atoms with Crippen LogP contribution in [0.2, 0.25) is 0 Å². The molecule has 0 spiro atoms. The standard InChI is InChI=1S/C19H25BrN4O3/c1-19(2,3)27-18(26)24-9-7-12(8-10-24)21-17(25)13-5-6-15(20)14-11-23(4)22-16(13)14/h5-6,11-12H,7-10H2,1-4H3,(H,21,25). The smallest absolute Gasteiger partial charge is 0.410 e. The van der Waals surface area contributed by atoms with Gasteiger partial charge in [0.25, 0.3) is 5.91 Å². The summed E-state index contributed by atoms with van der Waals surface area (Å²) in [4.78, 5) is 26.6. The molecule has 0 aliphatic carbocycles. The van der Waals surface area contributed by atoms with Crippen LogP contribution in [0.5, 0.6) is 0 Å². The first-order chi connectivity index (χ1) is 12.6. The van der Waals surface area contributed by atoms with E-state index >= 15 is 0 Å². The number of piperidine rings is 1. The van der Waals surface area contributed by atoms with Crippen LogP contribution in [0.3, 0.4) is 0 Å². The number of carbonyl (C=O) groups is 2. The van der Waals surface area contributed by atoms with Crippen LogP contribution in [0.25, 0.3) is 10.9 Å². The fourth-order valence-corrected chi connectivity index (χ4v) is 3.59. The summed E-state index contributed by atoms with van der Waals surface area (Å²) in [5.41, 5.74) is 0.733. The largest absolute Gasteiger partial charge is 0.444 e. The lowest BCUT2D eigenvalue weighted by atomic mass is 10.0. The van der Waals surface area contributed by atoms with E-state index < -0.39 is 5.60 Å². The number of nitrogens with one attached hydrogen (secondary N) is 1.